The molecule has 0 unspecified atom stereocenters. The molecule has 28 heavy (non-hydrogen) atoms. The van der Waals surface area contributed by atoms with Gasteiger partial charge in [0.25, 0.3) is 5.91 Å². The molecular weight excluding hydrogens is 379 g/mol. The number of nitrogens with zero attached hydrogens (tertiary/aromatic N) is 1. The van der Waals surface area contributed by atoms with E-state index in [1.165, 1.54) is 24.3 Å². The van der Waals surface area contributed by atoms with Crippen LogP contribution < -0.4 is 5.32 Å². The summed E-state index contributed by atoms with van der Waals surface area (Å²) >= 11 is 5.90. The molecule has 2 amide bonds. The van der Waals surface area contributed by atoms with Gasteiger partial charge in [-0.1, -0.05) is 23.7 Å². The minimum absolute atomic E-state index is 0.0209. The van der Waals surface area contributed by atoms with Crippen molar-refractivity contribution in [2.24, 2.45) is 5.92 Å². The van der Waals surface area contributed by atoms with E-state index in [0.717, 1.165) is 12.0 Å². The van der Waals surface area contributed by atoms with E-state index in [4.69, 9.17) is 11.6 Å². The van der Waals surface area contributed by atoms with E-state index in [9.17, 15) is 14.0 Å². The molecule has 0 saturated carbocycles. The van der Waals surface area contributed by atoms with Crippen LogP contribution >= 0.6 is 11.6 Å². The molecule has 2 aromatic carbocycles. The molecule has 2 aromatic rings. The van der Waals surface area contributed by atoms with Gasteiger partial charge in [-0.15, -0.1) is 0 Å². The van der Waals surface area contributed by atoms with E-state index < -0.39 is 0 Å². The molecule has 1 heterocycles. The minimum Gasteiger partial charge on any atom is -0.353 e. The fourth-order valence-electron chi connectivity index (χ4n) is 3.51. The van der Waals surface area contributed by atoms with Gasteiger partial charge in [-0.25, -0.2) is 4.39 Å². The van der Waals surface area contributed by atoms with Crippen LogP contribution in [0, 0.1) is 11.7 Å². The average Bonchev–Trinajstić information content (AvgIpc) is 2.70. The number of likely N-dealkylation sites (tertiary alicyclic amines) is 1. The molecule has 0 spiro atoms. The second-order valence-electron chi connectivity index (χ2n) is 7.31. The highest BCUT2D eigenvalue weighted by molar-refractivity contribution is 6.30. The number of piperidine rings is 1. The van der Waals surface area contributed by atoms with Gasteiger partial charge in [0.05, 0.1) is 0 Å². The molecule has 1 atom stereocenters. The first-order valence-electron chi connectivity index (χ1n) is 9.52. The SMILES string of the molecule is C[C@@H](Cc1ccc(Cl)cc1)NC(=O)C1CCN(C(=O)c2ccc(F)cc2)CC1. The van der Waals surface area contributed by atoms with Crippen molar-refractivity contribution in [2.75, 3.05) is 13.1 Å². The monoisotopic (exact) mass is 402 g/mol. The summed E-state index contributed by atoms with van der Waals surface area (Å²) in [7, 11) is 0. The van der Waals surface area contributed by atoms with Crippen molar-refractivity contribution in [3.8, 4) is 0 Å². The van der Waals surface area contributed by atoms with E-state index in [-0.39, 0.29) is 29.6 Å². The number of hydrogen-bond acceptors (Lipinski definition) is 2. The zero-order valence-corrected chi connectivity index (χ0v) is 16.6. The zero-order valence-electron chi connectivity index (χ0n) is 15.8. The molecule has 1 fully saturated rings. The van der Waals surface area contributed by atoms with Crippen LogP contribution in [0.5, 0.6) is 0 Å². The highest BCUT2D eigenvalue weighted by Crippen LogP contribution is 2.20. The van der Waals surface area contributed by atoms with Crippen LogP contribution in [0.3, 0.4) is 0 Å². The molecule has 0 bridgehead atoms. The van der Waals surface area contributed by atoms with E-state index in [2.05, 4.69) is 5.32 Å². The van der Waals surface area contributed by atoms with E-state index in [0.29, 0.717) is 36.5 Å². The third-order valence-electron chi connectivity index (χ3n) is 5.09. The number of nitrogens with one attached hydrogen (secondary N) is 1. The number of benzene rings is 2. The van der Waals surface area contributed by atoms with Crippen LogP contribution in [0.15, 0.2) is 48.5 Å². The highest BCUT2D eigenvalue weighted by Gasteiger charge is 2.28. The molecule has 1 aliphatic heterocycles. The molecule has 3 rings (SSSR count). The van der Waals surface area contributed by atoms with E-state index in [1.807, 2.05) is 31.2 Å². The summed E-state index contributed by atoms with van der Waals surface area (Å²) in [5, 5.41) is 3.77. The molecular formula is C22H24ClFN2O2. The maximum Gasteiger partial charge on any atom is 0.253 e. The van der Waals surface area contributed by atoms with Crippen molar-refractivity contribution in [3.63, 3.8) is 0 Å². The molecule has 0 aliphatic carbocycles. The van der Waals surface area contributed by atoms with E-state index >= 15 is 0 Å². The summed E-state index contributed by atoms with van der Waals surface area (Å²) in [4.78, 5) is 26.8. The Morgan fingerprint density at radius 1 is 1.11 bits per heavy atom. The Kier molecular flexibility index (Phi) is 6.68. The second kappa shape index (κ2) is 9.20. The van der Waals surface area contributed by atoms with Gasteiger partial charge < -0.3 is 10.2 Å². The normalized spacial score (nSPS) is 15.9. The third-order valence-corrected chi connectivity index (χ3v) is 5.34. The largest absolute Gasteiger partial charge is 0.353 e. The molecule has 1 N–H and O–H groups in total. The summed E-state index contributed by atoms with van der Waals surface area (Å²) in [6.45, 7) is 3.04. The standard InChI is InChI=1S/C22H24ClFN2O2/c1-15(14-16-2-6-19(23)7-3-16)25-21(27)17-10-12-26(13-11-17)22(28)18-4-8-20(24)9-5-18/h2-9,15,17H,10-14H2,1H3,(H,25,27)/t15-/m0/s1. The van der Waals surface area contributed by atoms with Gasteiger partial charge in [-0.2, -0.15) is 0 Å². The Morgan fingerprint density at radius 2 is 1.71 bits per heavy atom. The summed E-state index contributed by atoms with van der Waals surface area (Å²) in [5.74, 6) is -0.533. The van der Waals surface area contributed by atoms with Gasteiger partial charge in [0.1, 0.15) is 5.82 Å². The summed E-state index contributed by atoms with van der Waals surface area (Å²) < 4.78 is 13.0. The van der Waals surface area contributed by atoms with E-state index in [1.54, 1.807) is 4.90 Å². The topological polar surface area (TPSA) is 49.4 Å². The van der Waals surface area contributed by atoms with Crippen LogP contribution in [-0.2, 0) is 11.2 Å². The van der Waals surface area contributed by atoms with Gasteiger partial charge >= 0.3 is 0 Å². The number of hydrogen-bond donors (Lipinski definition) is 1. The van der Waals surface area contributed by atoms with Crippen LogP contribution in [-0.4, -0.2) is 35.8 Å². The predicted molar refractivity (Wildman–Crippen MR) is 108 cm³/mol. The van der Waals surface area contributed by atoms with Crippen LogP contribution in [0.4, 0.5) is 4.39 Å². The highest BCUT2D eigenvalue weighted by atomic mass is 35.5. The summed E-state index contributed by atoms with van der Waals surface area (Å²) in [6, 6.07) is 13.2. The average molecular weight is 403 g/mol. The van der Waals surface area contributed by atoms with Crippen molar-refractivity contribution in [1.82, 2.24) is 10.2 Å². The molecule has 4 nitrogen and oxygen atoms in total. The Bertz CT molecular complexity index is 815. The minimum atomic E-state index is -0.361. The predicted octanol–water partition coefficient (Wildman–Crippen LogP) is 4.08. The Balaban J connectivity index is 1.47. The smallest absolute Gasteiger partial charge is 0.253 e. The lowest BCUT2D eigenvalue weighted by atomic mass is 9.94. The van der Waals surface area contributed by atoms with Crippen LogP contribution in [0.2, 0.25) is 5.02 Å². The van der Waals surface area contributed by atoms with Gasteiger partial charge in [0.2, 0.25) is 5.91 Å². The zero-order chi connectivity index (χ0) is 20.1. The maximum absolute atomic E-state index is 13.0. The first kappa shape index (κ1) is 20.3. The first-order valence-corrected chi connectivity index (χ1v) is 9.90. The van der Waals surface area contributed by atoms with Gasteiger partial charge in [-0.3, -0.25) is 9.59 Å². The summed E-state index contributed by atoms with van der Waals surface area (Å²) in [5.41, 5.74) is 1.60. The molecule has 1 aliphatic rings. The lowest BCUT2D eigenvalue weighted by Gasteiger charge is -2.32. The van der Waals surface area contributed by atoms with Crippen molar-refractivity contribution in [2.45, 2.75) is 32.2 Å². The molecule has 1 saturated heterocycles. The fourth-order valence-corrected chi connectivity index (χ4v) is 3.63. The fraction of sp³-hybridized carbons (Fsp3) is 0.364. The quantitative estimate of drug-likeness (QED) is 0.819. The Morgan fingerprint density at radius 3 is 2.32 bits per heavy atom. The Labute approximate surface area is 169 Å². The maximum atomic E-state index is 13.0. The number of carbonyl (C=O) groups excluding carboxylic acids is 2. The molecule has 0 aromatic heterocycles. The molecule has 0 radical (unpaired) electrons. The van der Waals surface area contributed by atoms with Crippen molar-refractivity contribution in [1.29, 1.82) is 0 Å². The van der Waals surface area contributed by atoms with Gasteiger partial charge in [0.15, 0.2) is 0 Å². The first-order chi connectivity index (χ1) is 13.4. The lowest BCUT2D eigenvalue weighted by molar-refractivity contribution is -0.126. The van der Waals surface area contributed by atoms with Crippen molar-refractivity contribution >= 4 is 23.4 Å². The number of carbonyl (C=O) groups is 2. The second-order valence-corrected chi connectivity index (χ2v) is 7.75. The number of rotatable bonds is 5. The molecule has 148 valence electrons. The van der Waals surface area contributed by atoms with Crippen molar-refractivity contribution < 1.29 is 14.0 Å². The number of amides is 2. The summed E-state index contributed by atoms with van der Waals surface area (Å²) in [6.07, 6.45) is 2.00. The molecule has 6 heteroatoms. The Hall–Kier alpha value is -2.40. The third kappa shape index (κ3) is 5.32. The van der Waals surface area contributed by atoms with Crippen molar-refractivity contribution in [3.05, 3.63) is 70.5 Å². The van der Waals surface area contributed by atoms with Gasteiger partial charge in [-0.05, 0) is 68.1 Å². The number of halogens is 2. The van der Waals surface area contributed by atoms with Crippen LogP contribution in [0.25, 0.3) is 0 Å². The van der Waals surface area contributed by atoms with Gasteiger partial charge in [0, 0.05) is 35.6 Å². The lowest BCUT2D eigenvalue weighted by Crippen LogP contribution is -2.45. The van der Waals surface area contributed by atoms with Crippen LogP contribution in [0.1, 0.15) is 35.7 Å².